The quantitative estimate of drug-likeness (QED) is 0.461. The number of fused-ring (bicyclic) bond motifs is 3. The number of benzene rings is 1. The van der Waals surface area contributed by atoms with E-state index in [0.717, 1.165) is 23.9 Å². The van der Waals surface area contributed by atoms with Crippen LogP contribution in [0.5, 0.6) is 0 Å². The number of aryl methyl sites for hydroxylation is 1. The van der Waals surface area contributed by atoms with Crippen LogP contribution < -0.4 is 5.56 Å². The molecule has 4 aromatic rings. The van der Waals surface area contributed by atoms with Crippen LogP contribution in [0.15, 0.2) is 45.7 Å². The lowest BCUT2D eigenvalue weighted by Gasteiger charge is -2.08. The molecule has 0 unspecified atom stereocenters. The van der Waals surface area contributed by atoms with E-state index in [1.807, 2.05) is 21.9 Å². The molecule has 0 saturated carbocycles. The number of thioether (sulfide) groups is 1. The molecule has 3 aromatic heterocycles. The average Bonchev–Trinajstić information content (AvgIpc) is 3.27. The number of aromatic nitrogens is 4. The fourth-order valence-corrected chi connectivity index (χ4v) is 4.59. The van der Waals surface area contributed by atoms with Crippen molar-refractivity contribution >= 4 is 39.1 Å². The third kappa shape index (κ3) is 3.03. The molecule has 3 heterocycles. The number of rotatable bonds is 6. The van der Waals surface area contributed by atoms with Crippen LogP contribution in [0.2, 0.25) is 0 Å². The summed E-state index contributed by atoms with van der Waals surface area (Å²) in [7, 11) is 0. The first-order chi connectivity index (χ1) is 12.7. The predicted molar refractivity (Wildman–Crippen MR) is 103 cm³/mol. The van der Waals surface area contributed by atoms with Crippen molar-refractivity contribution in [1.29, 1.82) is 0 Å². The van der Waals surface area contributed by atoms with E-state index >= 15 is 0 Å². The second-order valence-corrected chi connectivity index (χ2v) is 7.84. The van der Waals surface area contributed by atoms with Crippen LogP contribution in [0.4, 0.5) is 4.39 Å². The van der Waals surface area contributed by atoms with Gasteiger partial charge in [0.05, 0.1) is 5.52 Å². The second kappa shape index (κ2) is 7.20. The van der Waals surface area contributed by atoms with Crippen molar-refractivity contribution < 1.29 is 4.39 Å². The normalized spacial score (nSPS) is 11.6. The highest BCUT2D eigenvalue weighted by Gasteiger charge is 2.17. The summed E-state index contributed by atoms with van der Waals surface area (Å²) >= 11 is 2.92. The summed E-state index contributed by atoms with van der Waals surface area (Å²) in [6.07, 6.45) is 1.90. The number of hydrogen-bond acceptors (Lipinski definition) is 5. The Morgan fingerprint density at radius 3 is 2.96 bits per heavy atom. The van der Waals surface area contributed by atoms with Gasteiger partial charge in [-0.05, 0) is 35.6 Å². The molecule has 5 nitrogen and oxygen atoms in total. The highest BCUT2D eigenvalue weighted by atomic mass is 32.2. The molecule has 0 spiro atoms. The molecule has 0 amide bonds. The minimum Gasteiger partial charge on any atom is -0.276 e. The van der Waals surface area contributed by atoms with Crippen LogP contribution in [-0.2, 0) is 12.3 Å². The smallest absolute Gasteiger partial charge is 0.272 e. The lowest BCUT2D eigenvalue weighted by atomic mass is 10.2. The number of nitrogens with zero attached hydrogens (tertiary/aromatic N) is 4. The first kappa shape index (κ1) is 17.2. The van der Waals surface area contributed by atoms with Gasteiger partial charge in [0.25, 0.3) is 5.56 Å². The Bertz CT molecular complexity index is 1130. The maximum atomic E-state index is 13.4. The number of halogens is 1. The molecular formula is C18H17FN4OS2. The van der Waals surface area contributed by atoms with E-state index in [1.54, 1.807) is 10.6 Å². The number of hydrogen-bond donors (Lipinski definition) is 0. The van der Waals surface area contributed by atoms with E-state index in [9.17, 15) is 9.18 Å². The van der Waals surface area contributed by atoms with Gasteiger partial charge in [-0.25, -0.2) is 4.39 Å². The zero-order chi connectivity index (χ0) is 18.1. The Kier molecular flexibility index (Phi) is 4.78. The Morgan fingerprint density at radius 2 is 2.15 bits per heavy atom. The summed E-state index contributed by atoms with van der Waals surface area (Å²) in [4.78, 5) is 12.8. The summed E-state index contributed by atoms with van der Waals surface area (Å²) < 4.78 is 17.7. The van der Waals surface area contributed by atoms with E-state index in [2.05, 4.69) is 17.1 Å². The lowest BCUT2D eigenvalue weighted by molar-refractivity contribution is 0.621. The average molecular weight is 388 g/mol. The third-order valence-corrected chi connectivity index (χ3v) is 6.07. The van der Waals surface area contributed by atoms with E-state index in [0.29, 0.717) is 27.9 Å². The van der Waals surface area contributed by atoms with Gasteiger partial charge in [-0.3, -0.25) is 13.8 Å². The topological polar surface area (TPSA) is 52.2 Å². The van der Waals surface area contributed by atoms with Crippen molar-refractivity contribution in [3.63, 3.8) is 0 Å². The molecule has 0 radical (unpaired) electrons. The maximum Gasteiger partial charge on any atom is 0.272 e. The highest BCUT2D eigenvalue weighted by Crippen LogP contribution is 2.26. The lowest BCUT2D eigenvalue weighted by Crippen LogP contribution is -2.22. The Balaban J connectivity index is 1.79. The predicted octanol–water partition coefficient (Wildman–Crippen LogP) is 4.34. The first-order valence-corrected chi connectivity index (χ1v) is 10.3. The number of unbranched alkanes of at least 4 members (excludes halogenated alkanes) is 1. The maximum absolute atomic E-state index is 13.4. The molecule has 134 valence electrons. The van der Waals surface area contributed by atoms with Crippen molar-refractivity contribution in [3.05, 3.63) is 57.4 Å². The van der Waals surface area contributed by atoms with Crippen LogP contribution in [0.3, 0.4) is 0 Å². The zero-order valence-electron chi connectivity index (χ0n) is 14.2. The second-order valence-electron chi connectivity index (χ2n) is 5.98. The minimum atomic E-state index is -0.247. The van der Waals surface area contributed by atoms with Gasteiger partial charge in [0.1, 0.15) is 10.5 Å². The summed E-state index contributed by atoms with van der Waals surface area (Å²) in [5, 5.41) is 11.2. The van der Waals surface area contributed by atoms with Crippen LogP contribution >= 0.6 is 23.1 Å². The molecule has 0 aliphatic rings. The van der Waals surface area contributed by atoms with E-state index < -0.39 is 0 Å². The first-order valence-electron chi connectivity index (χ1n) is 8.41. The largest absolute Gasteiger partial charge is 0.276 e. The minimum absolute atomic E-state index is 0.00923. The zero-order valence-corrected chi connectivity index (χ0v) is 15.8. The molecule has 0 atom stereocenters. The van der Waals surface area contributed by atoms with Crippen LogP contribution in [0.25, 0.3) is 16.0 Å². The molecule has 0 aliphatic carbocycles. The molecule has 4 rings (SSSR count). The van der Waals surface area contributed by atoms with Gasteiger partial charge in [-0.2, -0.15) is 0 Å². The molecule has 0 saturated heterocycles. The summed E-state index contributed by atoms with van der Waals surface area (Å²) in [6.45, 7) is 2.72. The molecule has 26 heavy (non-hydrogen) atoms. The monoisotopic (exact) mass is 388 g/mol. The van der Waals surface area contributed by atoms with Gasteiger partial charge >= 0.3 is 0 Å². The summed E-state index contributed by atoms with van der Waals surface area (Å²) in [5.41, 5.74) is 1.70. The van der Waals surface area contributed by atoms with Crippen molar-refractivity contribution in [1.82, 2.24) is 19.2 Å². The van der Waals surface area contributed by atoms with Gasteiger partial charge in [0.15, 0.2) is 5.16 Å². The Morgan fingerprint density at radius 1 is 1.27 bits per heavy atom. The van der Waals surface area contributed by atoms with E-state index in [1.165, 1.54) is 35.2 Å². The van der Waals surface area contributed by atoms with E-state index in [4.69, 9.17) is 0 Å². The number of thiophene rings is 1. The van der Waals surface area contributed by atoms with Gasteiger partial charge < -0.3 is 0 Å². The van der Waals surface area contributed by atoms with Crippen molar-refractivity contribution in [2.45, 2.75) is 37.2 Å². The molecule has 0 N–H and O–H groups in total. The summed E-state index contributed by atoms with van der Waals surface area (Å²) in [6, 6.07) is 8.47. The molecule has 8 heteroatoms. The standard InChI is InChI=1S/C18H17FN4OS2/c1-2-3-8-22-16(24)15-14(7-9-25-15)23-17(22)20-21-18(23)26-11-12-5-4-6-13(19)10-12/h4-7,9-10H,2-3,8,11H2,1H3. The molecule has 0 fully saturated rings. The molecule has 1 aromatic carbocycles. The Labute approximate surface area is 157 Å². The van der Waals surface area contributed by atoms with E-state index in [-0.39, 0.29) is 11.4 Å². The SMILES string of the molecule is CCCCn1c(=O)c2sccc2n2c(SCc3cccc(F)c3)nnc12. The van der Waals surface area contributed by atoms with Crippen molar-refractivity contribution in [2.75, 3.05) is 0 Å². The van der Waals surface area contributed by atoms with Crippen LogP contribution in [0, 0.1) is 5.82 Å². The highest BCUT2D eigenvalue weighted by molar-refractivity contribution is 7.98. The molecule has 0 bridgehead atoms. The molecule has 0 aliphatic heterocycles. The van der Waals surface area contributed by atoms with Gasteiger partial charge in [0.2, 0.25) is 5.78 Å². The van der Waals surface area contributed by atoms with Crippen LogP contribution in [0.1, 0.15) is 25.3 Å². The summed E-state index contributed by atoms with van der Waals surface area (Å²) in [5.74, 6) is 0.900. The fourth-order valence-electron chi connectivity index (χ4n) is 2.89. The van der Waals surface area contributed by atoms with Crippen molar-refractivity contribution in [3.8, 4) is 0 Å². The van der Waals surface area contributed by atoms with Crippen molar-refractivity contribution in [2.24, 2.45) is 0 Å². The van der Waals surface area contributed by atoms with Crippen LogP contribution in [-0.4, -0.2) is 19.2 Å². The molecular weight excluding hydrogens is 371 g/mol. The fraction of sp³-hybridized carbons (Fsp3) is 0.278. The third-order valence-electron chi connectivity index (χ3n) is 4.17. The Hall–Kier alpha value is -2.19. The van der Waals surface area contributed by atoms with Gasteiger partial charge in [-0.15, -0.1) is 21.5 Å². The van der Waals surface area contributed by atoms with Gasteiger partial charge in [-0.1, -0.05) is 37.2 Å². The van der Waals surface area contributed by atoms with Gasteiger partial charge in [0, 0.05) is 12.3 Å².